The van der Waals surface area contributed by atoms with E-state index in [1.165, 1.54) is 11.8 Å². The fourth-order valence-corrected chi connectivity index (χ4v) is 5.05. The van der Waals surface area contributed by atoms with Crippen LogP contribution in [0.15, 0.2) is 35.4 Å². The van der Waals surface area contributed by atoms with E-state index in [4.69, 9.17) is 9.26 Å². The summed E-state index contributed by atoms with van der Waals surface area (Å²) in [6.45, 7) is 3.57. The number of amides is 2. The molecule has 2 N–H and O–H groups in total. The van der Waals surface area contributed by atoms with Crippen LogP contribution in [-0.4, -0.2) is 34.8 Å². The molecular formula is C16H19N4O5PS. The van der Waals surface area contributed by atoms with E-state index < -0.39 is 19.7 Å². The lowest BCUT2D eigenvalue weighted by atomic mass is 10.2. The van der Waals surface area contributed by atoms with E-state index in [2.05, 4.69) is 15.5 Å². The van der Waals surface area contributed by atoms with Gasteiger partial charge in [-0.15, -0.1) is 0 Å². The van der Waals surface area contributed by atoms with Crippen LogP contribution in [0.1, 0.15) is 29.8 Å². The number of carbonyl (C=O) groups excluding carboxylic acids is 2. The minimum Gasteiger partial charge on any atom is -0.462 e. The third-order valence-electron chi connectivity index (χ3n) is 3.56. The van der Waals surface area contributed by atoms with Gasteiger partial charge < -0.3 is 4.74 Å². The topological polar surface area (TPSA) is 112 Å². The van der Waals surface area contributed by atoms with Crippen LogP contribution in [-0.2, 0) is 19.6 Å². The second-order valence-corrected chi connectivity index (χ2v) is 8.28. The van der Waals surface area contributed by atoms with Crippen LogP contribution >= 0.6 is 19.4 Å². The second kappa shape index (κ2) is 8.16. The number of nitrogens with one attached hydrogen (secondary N) is 2. The lowest BCUT2D eigenvalue weighted by Gasteiger charge is -2.25. The van der Waals surface area contributed by atoms with Crippen LogP contribution in [0, 0.1) is 0 Å². The molecule has 0 aliphatic carbocycles. The molecule has 3 rings (SSSR count). The SMILES string of the molecule is CCOC(=O)c1c(SCc2ccccc2)nn2c1NC(=O)NP2(=O)OCC. The Labute approximate surface area is 160 Å². The zero-order valence-corrected chi connectivity index (χ0v) is 16.5. The maximum atomic E-state index is 13.0. The van der Waals surface area contributed by atoms with Crippen LogP contribution in [0.3, 0.4) is 0 Å². The molecule has 11 heteroatoms. The molecule has 2 aromatic rings. The van der Waals surface area contributed by atoms with Crippen LogP contribution in [0.4, 0.5) is 10.6 Å². The summed E-state index contributed by atoms with van der Waals surface area (Å²) >= 11 is 1.28. The molecule has 144 valence electrons. The third-order valence-corrected chi connectivity index (χ3v) is 6.48. The number of rotatable bonds is 7. The Balaban J connectivity index is 2.03. The largest absolute Gasteiger partial charge is 0.462 e. The summed E-state index contributed by atoms with van der Waals surface area (Å²) in [4.78, 5) is 24.5. The van der Waals surface area contributed by atoms with Gasteiger partial charge >= 0.3 is 19.7 Å². The predicted molar refractivity (Wildman–Crippen MR) is 101 cm³/mol. The maximum absolute atomic E-state index is 13.0. The van der Waals surface area contributed by atoms with Crippen LogP contribution < -0.4 is 10.4 Å². The number of fused-ring (bicyclic) bond motifs is 1. The maximum Gasteiger partial charge on any atom is 0.419 e. The Kier molecular flexibility index (Phi) is 5.88. The van der Waals surface area contributed by atoms with Crippen molar-refractivity contribution in [3.8, 4) is 0 Å². The molecule has 2 heterocycles. The predicted octanol–water partition coefficient (Wildman–Crippen LogP) is 3.48. The van der Waals surface area contributed by atoms with Gasteiger partial charge in [0.25, 0.3) is 0 Å². The van der Waals surface area contributed by atoms with Crippen molar-refractivity contribution < 1.29 is 23.4 Å². The number of anilines is 1. The number of carbonyl (C=O) groups is 2. The molecule has 27 heavy (non-hydrogen) atoms. The van der Waals surface area contributed by atoms with Gasteiger partial charge in [0.05, 0.1) is 13.2 Å². The van der Waals surface area contributed by atoms with Crippen molar-refractivity contribution in [3.05, 3.63) is 41.5 Å². The van der Waals surface area contributed by atoms with E-state index in [9.17, 15) is 14.2 Å². The molecule has 0 spiro atoms. The molecule has 1 unspecified atom stereocenters. The molecule has 1 aromatic heterocycles. The van der Waals surface area contributed by atoms with Gasteiger partial charge in [0, 0.05) is 5.75 Å². The first-order chi connectivity index (χ1) is 13.0. The summed E-state index contributed by atoms with van der Waals surface area (Å²) < 4.78 is 24.4. The molecular weight excluding hydrogens is 391 g/mol. The van der Waals surface area contributed by atoms with Gasteiger partial charge in [0.1, 0.15) is 10.6 Å². The molecule has 0 radical (unpaired) electrons. The van der Waals surface area contributed by atoms with E-state index in [0.717, 1.165) is 10.0 Å². The normalized spacial score (nSPS) is 18.4. The van der Waals surface area contributed by atoms with E-state index >= 15 is 0 Å². The van der Waals surface area contributed by atoms with Gasteiger partial charge in [0.15, 0.2) is 5.82 Å². The smallest absolute Gasteiger partial charge is 0.419 e. The van der Waals surface area contributed by atoms with E-state index in [-0.39, 0.29) is 24.6 Å². The van der Waals surface area contributed by atoms with Crippen molar-refractivity contribution in [2.45, 2.75) is 24.6 Å². The Hall–Kier alpha value is -2.29. The molecule has 1 aliphatic heterocycles. The summed E-state index contributed by atoms with van der Waals surface area (Å²) in [6.07, 6.45) is 0. The number of ether oxygens (including phenoxy) is 1. The van der Waals surface area contributed by atoms with Crippen LogP contribution in [0.2, 0.25) is 0 Å². The summed E-state index contributed by atoms with van der Waals surface area (Å²) in [7, 11) is -3.80. The van der Waals surface area contributed by atoms with Gasteiger partial charge in [-0.3, -0.25) is 9.84 Å². The van der Waals surface area contributed by atoms with E-state index in [1.54, 1.807) is 13.8 Å². The van der Waals surface area contributed by atoms with E-state index in [1.807, 2.05) is 30.3 Å². The Morgan fingerprint density at radius 2 is 2.00 bits per heavy atom. The lowest BCUT2D eigenvalue weighted by molar-refractivity contribution is 0.0523. The van der Waals surface area contributed by atoms with Crippen molar-refractivity contribution in [3.63, 3.8) is 0 Å². The lowest BCUT2D eigenvalue weighted by Crippen LogP contribution is -2.36. The number of nitrogens with zero attached hydrogens (tertiary/aromatic N) is 2. The summed E-state index contributed by atoms with van der Waals surface area (Å²) in [5.41, 5.74) is 1.09. The molecule has 9 nitrogen and oxygen atoms in total. The Morgan fingerprint density at radius 3 is 2.67 bits per heavy atom. The number of esters is 1. The van der Waals surface area contributed by atoms with Gasteiger partial charge in [-0.25, -0.2) is 19.2 Å². The Morgan fingerprint density at radius 1 is 1.26 bits per heavy atom. The first-order valence-corrected chi connectivity index (χ1v) is 10.9. The molecule has 1 aliphatic rings. The Bertz CT molecular complexity index is 902. The van der Waals surface area contributed by atoms with Crippen molar-refractivity contribution >= 4 is 37.3 Å². The third kappa shape index (κ3) is 4.02. The highest BCUT2D eigenvalue weighted by Crippen LogP contribution is 2.50. The average Bonchev–Trinajstić information content (AvgIpc) is 3.00. The first kappa shape index (κ1) is 19.5. The number of hydrogen-bond donors (Lipinski definition) is 2. The summed E-state index contributed by atoms with van der Waals surface area (Å²) in [6, 6.07) is 8.89. The molecule has 2 amide bonds. The van der Waals surface area contributed by atoms with Gasteiger partial charge in [-0.2, -0.15) is 9.55 Å². The van der Waals surface area contributed by atoms with Crippen LogP contribution in [0.25, 0.3) is 0 Å². The van der Waals surface area contributed by atoms with Crippen LogP contribution in [0.5, 0.6) is 0 Å². The molecule has 0 saturated carbocycles. The first-order valence-electron chi connectivity index (χ1n) is 8.30. The molecule has 1 aromatic carbocycles. The van der Waals surface area contributed by atoms with E-state index in [0.29, 0.717) is 10.8 Å². The molecule has 0 fully saturated rings. The molecule has 0 saturated heterocycles. The minimum atomic E-state index is -3.80. The van der Waals surface area contributed by atoms with Crippen molar-refractivity contribution in [1.29, 1.82) is 0 Å². The highest BCUT2D eigenvalue weighted by molar-refractivity contribution is 7.98. The monoisotopic (exact) mass is 410 g/mol. The number of urea groups is 1. The number of aromatic nitrogens is 2. The molecule has 0 bridgehead atoms. The van der Waals surface area contributed by atoms with Gasteiger partial charge in [0.2, 0.25) is 0 Å². The highest BCUT2D eigenvalue weighted by Gasteiger charge is 2.41. The second-order valence-electron chi connectivity index (χ2n) is 5.42. The summed E-state index contributed by atoms with van der Waals surface area (Å²) in [5.74, 6) is -0.117. The number of thioether (sulfide) groups is 1. The van der Waals surface area contributed by atoms with Crippen molar-refractivity contribution in [2.75, 3.05) is 18.5 Å². The zero-order valence-electron chi connectivity index (χ0n) is 14.8. The summed E-state index contributed by atoms with van der Waals surface area (Å²) in [5, 5.41) is 9.33. The quantitative estimate of drug-likeness (QED) is 0.408. The van der Waals surface area contributed by atoms with Gasteiger partial charge in [-0.1, -0.05) is 42.1 Å². The van der Waals surface area contributed by atoms with Crippen molar-refractivity contribution in [1.82, 2.24) is 14.6 Å². The number of hydrogen-bond acceptors (Lipinski definition) is 7. The highest BCUT2D eigenvalue weighted by atomic mass is 32.2. The van der Waals surface area contributed by atoms with Gasteiger partial charge in [-0.05, 0) is 19.4 Å². The standard InChI is InChI=1S/C16H19N4O5PS/c1-3-24-15(21)12-13-17-16(22)19-26(23,25-4-2)20(13)18-14(12)27-10-11-8-6-5-7-9-11/h5-9H,3-4,10H2,1-2H3,(H2,17,19,22,23). The number of benzene rings is 1. The molecule has 1 atom stereocenters. The minimum absolute atomic E-state index is 0.00421. The average molecular weight is 410 g/mol. The fraction of sp³-hybridized carbons (Fsp3) is 0.312. The zero-order chi connectivity index (χ0) is 19.4. The fourth-order valence-electron chi connectivity index (χ4n) is 2.48. The van der Waals surface area contributed by atoms with Crippen molar-refractivity contribution in [2.24, 2.45) is 0 Å².